The molecule has 0 unspecified atom stereocenters. The number of carbonyl (C=O) groups is 1. The third-order valence-electron chi connectivity index (χ3n) is 1.92. The first kappa shape index (κ1) is 11.4. The van der Waals surface area contributed by atoms with Crippen molar-refractivity contribution in [2.75, 3.05) is 0 Å². The highest BCUT2D eigenvalue weighted by atomic mass is 19.3. The van der Waals surface area contributed by atoms with E-state index < -0.39 is 30.1 Å². The molecule has 1 rings (SSSR count). The second-order valence-electron chi connectivity index (χ2n) is 3.00. The summed E-state index contributed by atoms with van der Waals surface area (Å²) < 4.78 is 25.1. The van der Waals surface area contributed by atoms with Gasteiger partial charge in [0.2, 0.25) is 0 Å². The Bertz CT molecular complexity index is 393. The predicted octanol–water partition coefficient (Wildman–Crippen LogP) is 1.66. The van der Waals surface area contributed by atoms with E-state index in [1.807, 2.05) is 0 Å². The zero-order chi connectivity index (χ0) is 11.6. The summed E-state index contributed by atoms with van der Waals surface area (Å²) in [5.41, 5.74) is -0.759. The molecule has 0 radical (unpaired) electrons. The van der Waals surface area contributed by atoms with E-state index in [0.29, 0.717) is 0 Å². The fourth-order valence-electron chi connectivity index (χ4n) is 1.20. The maximum Gasteiger partial charge on any atom is 0.307 e. The number of halogens is 2. The molecule has 0 aliphatic heterocycles. The molecule has 1 heterocycles. The van der Waals surface area contributed by atoms with Crippen LogP contribution < -0.4 is 0 Å². The van der Waals surface area contributed by atoms with Crippen LogP contribution in [0.5, 0.6) is 5.75 Å². The van der Waals surface area contributed by atoms with Crippen molar-refractivity contribution in [1.29, 1.82) is 0 Å². The number of hydrogen-bond acceptors (Lipinski definition) is 3. The molecule has 1 aromatic heterocycles. The highest BCUT2D eigenvalue weighted by molar-refractivity contribution is 5.71. The second kappa shape index (κ2) is 4.20. The average Bonchev–Trinajstić information content (AvgIpc) is 2.10. The molecule has 0 aliphatic rings. The van der Waals surface area contributed by atoms with Crippen LogP contribution in [0.3, 0.4) is 0 Å². The first-order chi connectivity index (χ1) is 6.93. The summed E-state index contributed by atoms with van der Waals surface area (Å²) in [6.07, 6.45) is -2.45. The summed E-state index contributed by atoms with van der Waals surface area (Å²) in [5.74, 6) is -1.88. The molecule has 4 nitrogen and oxygen atoms in total. The van der Waals surface area contributed by atoms with Crippen molar-refractivity contribution in [3.8, 4) is 5.75 Å². The van der Waals surface area contributed by atoms with E-state index in [2.05, 4.69) is 4.98 Å². The van der Waals surface area contributed by atoms with Gasteiger partial charge in [-0.1, -0.05) is 0 Å². The van der Waals surface area contributed by atoms with Crippen molar-refractivity contribution in [2.45, 2.75) is 19.8 Å². The highest BCUT2D eigenvalue weighted by Crippen LogP contribution is 2.32. The number of carboxylic acid groups (broad SMARTS) is 1. The Hall–Kier alpha value is -1.72. The van der Waals surface area contributed by atoms with Gasteiger partial charge in [-0.3, -0.25) is 9.78 Å². The number of aryl methyl sites for hydroxylation is 1. The first-order valence-electron chi connectivity index (χ1n) is 4.10. The number of nitrogens with zero attached hydrogens (tertiary/aromatic N) is 1. The smallest absolute Gasteiger partial charge is 0.307 e. The van der Waals surface area contributed by atoms with Gasteiger partial charge in [0.05, 0.1) is 17.7 Å². The Kier molecular flexibility index (Phi) is 3.18. The monoisotopic (exact) mass is 217 g/mol. The lowest BCUT2D eigenvalue weighted by Crippen LogP contribution is -2.06. The zero-order valence-electron chi connectivity index (χ0n) is 7.87. The van der Waals surface area contributed by atoms with Crippen molar-refractivity contribution < 1.29 is 23.8 Å². The molecule has 0 fully saturated rings. The Morgan fingerprint density at radius 2 is 2.20 bits per heavy atom. The van der Waals surface area contributed by atoms with Crippen LogP contribution in [0.1, 0.15) is 23.2 Å². The number of aliphatic carboxylic acids is 1. The molecule has 0 aliphatic carbocycles. The maximum atomic E-state index is 12.5. The van der Waals surface area contributed by atoms with Gasteiger partial charge in [0.25, 0.3) is 6.43 Å². The average molecular weight is 217 g/mol. The van der Waals surface area contributed by atoms with Gasteiger partial charge in [0.15, 0.2) is 0 Å². The molecule has 2 N–H and O–H groups in total. The summed E-state index contributed by atoms with van der Waals surface area (Å²) >= 11 is 0. The fourth-order valence-corrected chi connectivity index (χ4v) is 1.20. The van der Waals surface area contributed by atoms with E-state index in [4.69, 9.17) is 5.11 Å². The molecule has 15 heavy (non-hydrogen) atoms. The summed E-state index contributed by atoms with van der Waals surface area (Å²) in [5, 5.41) is 17.8. The van der Waals surface area contributed by atoms with Crippen LogP contribution in [0.2, 0.25) is 0 Å². The van der Waals surface area contributed by atoms with Crippen LogP contribution in [0, 0.1) is 6.92 Å². The number of pyridine rings is 1. The minimum atomic E-state index is -2.92. The maximum absolute atomic E-state index is 12.5. The molecule has 82 valence electrons. The van der Waals surface area contributed by atoms with E-state index in [9.17, 15) is 18.7 Å². The van der Waals surface area contributed by atoms with Crippen LogP contribution in [0.25, 0.3) is 0 Å². The van der Waals surface area contributed by atoms with Crippen molar-refractivity contribution >= 4 is 5.97 Å². The Morgan fingerprint density at radius 1 is 1.60 bits per heavy atom. The fraction of sp³-hybridized carbons (Fsp3) is 0.333. The molecule has 1 aromatic rings. The molecule has 0 spiro atoms. The van der Waals surface area contributed by atoms with Gasteiger partial charge < -0.3 is 10.2 Å². The van der Waals surface area contributed by atoms with E-state index >= 15 is 0 Å². The Balaban J connectivity index is 3.26. The van der Waals surface area contributed by atoms with Gasteiger partial charge >= 0.3 is 5.97 Å². The molecular weight excluding hydrogens is 208 g/mol. The molecular formula is C9H9F2NO3. The van der Waals surface area contributed by atoms with Gasteiger partial charge in [0.1, 0.15) is 5.75 Å². The topological polar surface area (TPSA) is 70.4 Å². The molecule has 0 amide bonds. The number of rotatable bonds is 3. The van der Waals surface area contributed by atoms with Crippen LogP contribution in [0.15, 0.2) is 6.20 Å². The predicted molar refractivity (Wildman–Crippen MR) is 46.9 cm³/mol. The third-order valence-corrected chi connectivity index (χ3v) is 1.92. The van der Waals surface area contributed by atoms with Crippen LogP contribution in [-0.2, 0) is 11.2 Å². The normalized spacial score (nSPS) is 10.7. The molecule has 0 bridgehead atoms. The first-order valence-corrected chi connectivity index (χ1v) is 4.10. The molecule has 6 heteroatoms. The number of hydrogen-bond donors (Lipinski definition) is 2. The molecule has 0 saturated heterocycles. The van der Waals surface area contributed by atoms with E-state index in [0.717, 1.165) is 6.20 Å². The standard InChI is InChI=1S/C9H9F2NO3/c1-4-8(15)7(9(10)11)5(3-12-4)2-6(13)14/h3,9,15H,2H2,1H3,(H,13,14). The third kappa shape index (κ3) is 2.39. The van der Waals surface area contributed by atoms with Gasteiger partial charge in [-0.05, 0) is 12.5 Å². The largest absolute Gasteiger partial charge is 0.506 e. The zero-order valence-corrected chi connectivity index (χ0v) is 7.87. The van der Waals surface area contributed by atoms with Gasteiger partial charge in [-0.2, -0.15) is 0 Å². The SMILES string of the molecule is Cc1ncc(CC(=O)O)c(C(F)F)c1O. The molecule has 0 atom stereocenters. The number of aromatic hydroxyl groups is 1. The number of aromatic nitrogens is 1. The van der Waals surface area contributed by atoms with Crippen molar-refractivity contribution in [1.82, 2.24) is 4.98 Å². The number of carboxylic acids is 1. The lowest BCUT2D eigenvalue weighted by molar-refractivity contribution is -0.136. The summed E-state index contributed by atoms with van der Waals surface area (Å²) in [4.78, 5) is 14.0. The van der Waals surface area contributed by atoms with E-state index in [1.54, 1.807) is 0 Å². The van der Waals surface area contributed by atoms with Gasteiger partial charge in [0, 0.05) is 6.20 Å². The van der Waals surface area contributed by atoms with Crippen LogP contribution >= 0.6 is 0 Å². The lowest BCUT2D eigenvalue weighted by Gasteiger charge is -2.10. The van der Waals surface area contributed by atoms with Crippen molar-refractivity contribution in [3.05, 3.63) is 23.0 Å². The molecule has 0 saturated carbocycles. The highest BCUT2D eigenvalue weighted by Gasteiger charge is 2.21. The van der Waals surface area contributed by atoms with Crippen molar-refractivity contribution in [2.24, 2.45) is 0 Å². The second-order valence-corrected chi connectivity index (χ2v) is 3.00. The van der Waals surface area contributed by atoms with E-state index in [1.165, 1.54) is 6.92 Å². The van der Waals surface area contributed by atoms with Crippen molar-refractivity contribution in [3.63, 3.8) is 0 Å². The summed E-state index contributed by atoms with van der Waals surface area (Å²) in [6.45, 7) is 1.37. The van der Waals surface area contributed by atoms with E-state index in [-0.39, 0.29) is 11.3 Å². The summed E-state index contributed by atoms with van der Waals surface area (Å²) in [6, 6.07) is 0. The van der Waals surface area contributed by atoms with Gasteiger partial charge in [-0.25, -0.2) is 8.78 Å². The molecule has 0 aromatic carbocycles. The van der Waals surface area contributed by atoms with Crippen LogP contribution in [-0.4, -0.2) is 21.2 Å². The minimum absolute atomic E-state index is 0.0550. The number of alkyl halides is 2. The Labute approximate surface area is 84.2 Å². The quantitative estimate of drug-likeness (QED) is 0.807. The minimum Gasteiger partial charge on any atom is -0.506 e. The Morgan fingerprint density at radius 3 is 2.67 bits per heavy atom. The summed E-state index contributed by atoms with van der Waals surface area (Å²) in [7, 11) is 0. The van der Waals surface area contributed by atoms with Gasteiger partial charge in [-0.15, -0.1) is 0 Å². The lowest BCUT2D eigenvalue weighted by atomic mass is 10.1. The van der Waals surface area contributed by atoms with Crippen LogP contribution in [0.4, 0.5) is 8.78 Å².